The number of hydrogen-bond acceptors (Lipinski definition) is 5. The number of aromatic nitrogens is 1. The van der Waals surface area contributed by atoms with Gasteiger partial charge in [0.1, 0.15) is 5.75 Å². The lowest BCUT2D eigenvalue weighted by atomic mass is 10.1. The Labute approximate surface area is 158 Å². The van der Waals surface area contributed by atoms with Crippen LogP contribution in [0.4, 0.5) is 5.69 Å². The number of primary amides is 1. The van der Waals surface area contributed by atoms with Crippen molar-refractivity contribution in [3.05, 3.63) is 67.7 Å². The molecular formula is C20H23N3O4. The molecule has 0 aliphatic rings. The molecule has 0 bridgehead atoms. The molecular weight excluding hydrogens is 346 g/mol. The number of carbonyl (C=O) groups excluding carboxylic acids is 2. The predicted octanol–water partition coefficient (Wildman–Crippen LogP) is 3.47. The summed E-state index contributed by atoms with van der Waals surface area (Å²) < 4.78 is 10.4. The monoisotopic (exact) mass is 369 g/mol. The second-order valence-electron chi connectivity index (χ2n) is 5.13. The highest BCUT2D eigenvalue weighted by atomic mass is 16.5. The van der Waals surface area contributed by atoms with Crippen molar-refractivity contribution in [2.45, 2.75) is 13.3 Å². The van der Waals surface area contributed by atoms with Crippen molar-refractivity contribution in [1.29, 1.82) is 0 Å². The number of ether oxygens (including phenoxy) is 1. The van der Waals surface area contributed by atoms with Crippen molar-refractivity contribution >= 4 is 17.5 Å². The molecule has 0 fully saturated rings. The highest BCUT2D eigenvalue weighted by molar-refractivity contribution is 6.39. The quantitative estimate of drug-likeness (QED) is 0.599. The molecule has 0 saturated heterocycles. The van der Waals surface area contributed by atoms with Crippen molar-refractivity contribution in [2.24, 2.45) is 5.73 Å². The van der Waals surface area contributed by atoms with Gasteiger partial charge >= 0.3 is 11.8 Å². The van der Waals surface area contributed by atoms with Crippen LogP contribution in [0, 0.1) is 0 Å². The minimum Gasteiger partial charge on any atom is -0.496 e. The molecule has 27 heavy (non-hydrogen) atoms. The van der Waals surface area contributed by atoms with Gasteiger partial charge in [-0.2, -0.15) is 0 Å². The van der Waals surface area contributed by atoms with Crippen LogP contribution in [-0.4, -0.2) is 23.9 Å². The summed E-state index contributed by atoms with van der Waals surface area (Å²) >= 11 is 0. The molecule has 142 valence electrons. The van der Waals surface area contributed by atoms with Gasteiger partial charge in [0.15, 0.2) is 12.2 Å². The Kier molecular flexibility index (Phi) is 8.80. The number of nitrogens with zero attached hydrogens (tertiary/aromatic N) is 1. The van der Waals surface area contributed by atoms with E-state index in [-0.39, 0.29) is 0 Å². The van der Waals surface area contributed by atoms with Gasteiger partial charge in [-0.05, 0) is 24.1 Å². The normalized spacial score (nSPS) is 10.2. The summed E-state index contributed by atoms with van der Waals surface area (Å²) in [5.41, 5.74) is 7.16. The Balaban J connectivity index is 0.000000387. The molecule has 7 heteroatoms. The van der Waals surface area contributed by atoms with Crippen LogP contribution in [0.2, 0.25) is 0 Å². The molecule has 1 aromatic carbocycles. The maximum Gasteiger partial charge on any atom is 0.313 e. The van der Waals surface area contributed by atoms with Crippen LogP contribution < -0.4 is 15.8 Å². The molecule has 0 saturated carbocycles. The Hall–Kier alpha value is -3.61. The number of rotatable bonds is 6. The zero-order valence-electron chi connectivity index (χ0n) is 15.4. The summed E-state index contributed by atoms with van der Waals surface area (Å²) in [7, 11) is 1.48. The van der Waals surface area contributed by atoms with E-state index in [0.717, 1.165) is 6.42 Å². The first-order valence-corrected chi connectivity index (χ1v) is 8.08. The van der Waals surface area contributed by atoms with E-state index in [1.807, 2.05) is 12.2 Å². The number of amides is 2. The predicted molar refractivity (Wildman–Crippen MR) is 105 cm³/mol. The number of nitrogens with one attached hydrogen (secondary N) is 1. The topological polar surface area (TPSA) is 107 Å². The summed E-state index contributed by atoms with van der Waals surface area (Å²) in [5.74, 6) is -0.948. The molecule has 0 aliphatic heterocycles. The van der Waals surface area contributed by atoms with E-state index in [2.05, 4.69) is 30.4 Å². The SMILES string of the molecule is C=C/C=C(\C=C)CC.COc1cc(NC(=O)C(N)=O)ccc1-c1cnco1. The average Bonchev–Trinajstić information content (AvgIpc) is 3.20. The van der Waals surface area contributed by atoms with Gasteiger partial charge in [-0.3, -0.25) is 9.59 Å². The Bertz CT molecular complexity index is 824. The number of hydrogen-bond donors (Lipinski definition) is 2. The van der Waals surface area contributed by atoms with Gasteiger partial charge in [0.05, 0.1) is 18.9 Å². The van der Waals surface area contributed by atoms with Crippen molar-refractivity contribution in [2.75, 3.05) is 12.4 Å². The van der Waals surface area contributed by atoms with E-state index in [0.29, 0.717) is 22.8 Å². The number of oxazole rings is 1. The van der Waals surface area contributed by atoms with E-state index >= 15 is 0 Å². The minimum atomic E-state index is -1.06. The summed E-state index contributed by atoms with van der Waals surface area (Å²) in [6, 6.07) is 4.83. The largest absolute Gasteiger partial charge is 0.496 e. The summed E-state index contributed by atoms with van der Waals surface area (Å²) in [4.78, 5) is 25.7. The van der Waals surface area contributed by atoms with Gasteiger partial charge in [0.25, 0.3) is 0 Å². The molecule has 2 amide bonds. The lowest BCUT2D eigenvalue weighted by Crippen LogP contribution is -2.29. The van der Waals surface area contributed by atoms with Crippen LogP contribution >= 0.6 is 0 Å². The molecule has 2 aromatic rings. The third-order valence-corrected chi connectivity index (χ3v) is 3.38. The van der Waals surface area contributed by atoms with Gasteiger partial charge in [0, 0.05) is 11.8 Å². The van der Waals surface area contributed by atoms with E-state index in [9.17, 15) is 9.59 Å². The van der Waals surface area contributed by atoms with Crippen LogP contribution in [0.5, 0.6) is 5.75 Å². The first-order valence-electron chi connectivity index (χ1n) is 8.08. The smallest absolute Gasteiger partial charge is 0.313 e. The fraction of sp³-hybridized carbons (Fsp3) is 0.150. The molecule has 0 aliphatic carbocycles. The number of allylic oxidation sites excluding steroid dienone is 4. The standard InChI is InChI=1S/C12H11N3O4.C8H12/c1-18-9-4-7(15-12(17)11(13)16)2-3-8(9)10-5-14-6-19-10;1-4-7-8(5-2)6-3/h2-6H,1H3,(H2,13,16)(H,15,17);4-5,7H,1-2,6H2,3H3/b;8-7+. The van der Waals surface area contributed by atoms with Gasteiger partial charge < -0.3 is 20.2 Å². The van der Waals surface area contributed by atoms with Gasteiger partial charge in [0.2, 0.25) is 0 Å². The van der Waals surface area contributed by atoms with Crippen LogP contribution in [0.1, 0.15) is 13.3 Å². The molecule has 1 aromatic heterocycles. The van der Waals surface area contributed by atoms with Gasteiger partial charge in [-0.1, -0.05) is 38.3 Å². The zero-order valence-corrected chi connectivity index (χ0v) is 15.4. The average molecular weight is 369 g/mol. The fourth-order valence-electron chi connectivity index (χ4n) is 2.00. The molecule has 2 rings (SSSR count). The van der Waals surface area contributed by atoms with Crippen LogP contribution in [0.3, 0.4) is 0 Å². The summed E-state index contributed by atoms with van der Waals surface area (Å²) in [6.07, 6.45) is 9.47. The number of nitrogens with two attached hydrogens (primary N) is 1. The Morgan fingerprint density at radius 3 is 2.56 bits per heavy atom. The second kappa shape index (κ2) is 11.1. The van der Waals surface area contributed by atoms with E-state index in [1.54, 1.807) is 30.5 Å². The van der Waals surface area contributed by atoms with E-state index in [1.165, 1.54) is 19.1 Å². The number of anilines is 1. The molecule has 1 heterocycles. The number of carbonyl (C=O) groups is 2. The first-order chi connectivity index (χ1) is 13.0. The Morgan fingerprint density at radius 2 is 2.11 bits per heavy atom. The van der Waals surface area contributed by atoms with Crippen molar-refractivity contribution < 1.29 is 18.7 Å². The van der Waals surface area contributed by atoms with E-state index in [4.69, 9.17) is 14.9 Å². The fourth-order valence-corrected chi connectivity index (χ4v) is 2.00. The Morgan fingerprint density at radius 1 is 1.37 bits per heavy atom. The molecule has 0 radical (unpaired) electrons. The molecule has 0 atom stereocenters. The van der Waals surface area contributed by atoms with Crippen molar-refractivity contribution in [3.63, 3.8) is 0 Å². The van der Waals surface area contributed by atoms with Crippen LogP contribution in [0.15, 0.2) is 72.2 Å². The highest BCUT2D eigenvalue weighted by Crippen LogP contribution is 2.32. The molecule has 0 unspecified atom stereocenters. The third-order valence-electron chi connectivity index (χ3n) is 3.38. The molecule has 0 spiro atoms. The summed E-state index contributed by atoms with van der Waals surface area (Å²) in [6.45, 7) is 9.30. The lowest BCUT2D eigenvalue weighted by Gasteiger charge is -2.09. The van der Waals surface area contributed by atoms with Crippen molar-refractivity contribution in [1.82, 2.24) is 4.98 Å². The maximum absolute atomic E-state index is 11.2. The maximum atomic E-state index is 11.2. The van der Waals surface area contributed by atoms with E-state index < -0.39 is 11.8 Å². The third kappa shape index (κ3) is 6.66. The second-order valence-corrected chi connectivity index (χ2v) is 5.13. The highest BCUT2D eigenvalue weighted by Gasteiger charge is 2.13. The first kappa shape index (κ1) is 21.4. The zero-order chi connectivity index (χ0) is 20.2. The minimum absolute atomic E-state index is 0.393. The number of benzene rings is 1. The lowest BCUT2D eigenvalue weighted by molar-refractivity contribution is -0.134. The van der Waals surface area contributed by atoms with Crippen LogP contribution in [0.25, 0.3) is 11.3 Å². The van der Waals surface area contributed by atoms with Crippen LogP contribution in [-0.2, 0) is 9.59 Å². The van der Waals surface area contributed by atoms with Gasteiger partial charge in [-0.15, -0.1) is 0 Å². The molecule has 3 N–H and O–H groups in total. The molecule has 7 nitrogen and oxygen atoms in total. The van der Waals surface area contributed by atoms with Gasteiger partial charge in [-0.25, -0.2) is 4.98 Å². The number of methoxy groups -OCH3 is 1. The summed E-state index contributed by atoms with van der Waals surface area (Å²) in [5, 5.41) is 2.35. The van der Waals surface area contributed by atoms with Crippen molar-refractivity contribution in [3.8, 4) is 17.1 Å².